The van der Waals surface area contributed by atoms with E-state index >= 15 is 0 Å². The maximum Gasteiger partial charge on any atom is 0.243 e. The van der Waals surface area contributed by atoms with Crippen LogP contribution in [0, 0.1) is 12.8 Å². The first kappa shape index (κ1) is 26.0. The molecule has 1 saturated heterocycles. The van der Waals surface area contributed by atoms with E-state index in [9.17, 15) is 14.7 Å². The van der Waals surface area contributed by atoms with Crippen molar-refractivity contribution in [2.75, 3.05) is 6.54 Å². The van der Waals surface area contributed by atoms with Gasteiger partial charge in [-0.05, 0) is 30.9 Å². The monoisotopic (exact) mass is 511 g/mol. The molecule has 0 spiro atoms. The average molecular weight is 512 g/mol. The molecule has 1 aromatic carbocycles. The van der Waals surface area contributed by atoms with Gasteiger partial charge in [0.15, 0.2) is 0 Å². The fourth-order valence-electron chi connectivity index (χ4n) is 4.69. The number of carbonyl (C=O) groups excluding carboxylic acids is 2. The zero-order chi connectivity index (χ0) is 26.0. The van der Waals surface area contributed by atoms with Crippen LogP contribution in [0.1, 0.15) is 61.9 Å². The topological polar surface area (TPSA) is 135 Å². The summed E-state index contributed by atoms with van der Waals surface area (Å²) in [7, 11) is 0. The van der Waals surface area contributed by atoms with E-state index < -0.39 is 18.1 Å². The first-order valence-corrected chi connectivity index (χ1v) is 13.0. The number of likely N-dealkylation sites (tertiary alicyclic amines) is 1. The van der Waals surface area contributed by atoms with E-state index in [-0.39, 0.29) is 43.3 Å². The lowest BCUT2D eigenvalue weighted by Gasteiger charge is -2.29. The Bertz CT molecular complexity index is 1210. The summed E-state index contributed by atoms with van der Waals surface area (Å²) in [6.07, 6.45) is -0.590. The van der Waals surface area contributed by atoms with Crippen LogP contribution in [0.4, 0.5) is 0 Å². The smallest absolute Gasteiger partial charge is 0.243 e. The molecule has 1 fully saturated rings. The Balaban J connectivity index is 1.47. The molecule has 2 amide bonds. The largest absolute Gasteiger partial charge is 0.391 e. The van der Waals surface area contributed by atoms with E-state index in [1.165, 1.54) is 4.90 Å². The van der Waals surface area contributed by atoms with Gasteiger partial charge in [-0.25, -0.2) is 4.98 Å². The minimum atomic E-state index is -0.774. The van der Waals surface area contributed by atoms with Gasteiger partial charge in [0.25, 0.3) is 0 Å². The number of rotatable bonds is 8. The van der Waals surface area contributed by atoms with Crippen LogP contribution in [0.25, 0.3) is 10.4 Å². The summed E-state index contributed by atoms with van der Waals surface area (Å²) in [4.78, 5) is 33.8. The molecular weight excluding hydrogens is 478 g/mol. The molecule has 0 aliphatic carbocycles. The number of amides is 2. The number of β-amino-alcohol motifs (C(OH)–C–C–N with tert-alkyl or cyclic N) is 1. The van der Waals surface area contributed by atoms with Crippen molar-refractivity contribution in [2.24, 2.45) is 11.7 Å². The maximum absolute atomic E-state index is 13.6. The van der Waals surface area contributed by atoms with Crippen LogP contribution < -0.4 is 11.1 Å². The zero-order valence-electron chi connectivity index (χ0n) is 21.0. The number of aliphatic hydroxyl groups excluding tert-OH is 1. The van der Waals surface area contributed by atoms with Gasteiger partial charge in [-0.2, -0.15) is 0 Å². The van der Waals surface area contributed by atoms with Crippen LogP contribution in [0.3, 0.4) is 0 Å². The molecule has 0 radical (unpaired) electrons. The second-order valence-electron chi connectivity index (χ2n) is 9.66. The third kappa shape index (κ3) is 5.35. The number of benzene rings is 1. The van der Waals surface area contributed by atoms with Gasteiger partial charge in [0, 0.05) is 25.6 Å². The van der Waals surface area contributed by atoms with Gasteiger partial charge in [-0.15, -0.1) is 11.3 Å². The van der Waals surface area contributed by atoms with E-state index in [1.807, 2.05) is 57.5 Å². The molecule has 1 aliphatic rings. The first-order valence-electron chi connectivity index (χ1n) is 12.1. The van der Waals surface area contributed by atoms with Crippen LogP contribution >= 0.6 is 11.3 Å². The highest BCUT2D eigenvalue weighted by molar-refractivity contribution is 7.13. The van der Waals surface area contributed by atoms with E-state index in [0.717, 1.165) is 21.7 Å². The third-order valence-electron chi connectivity index (χ3n) is 6.67. The number of nitrogens with zero attached hydrogens (tertiary/aromatic N) is 3. The molecule has 36 heavy (non-hydrogen) atoms. The average Bonchev–Trinajstić information content (AvgIpc) is 3.58. The molecule has 1 aliphatic heterocycles. The van der Waals surface area contributed by atoms with Crippen molar-refractivity contribution in [1.82, 2.24) is 20.4 Å². The molecule has 2 aromatic heterocycles. The number of hydrogen-bond acceptors (Lipinski definition) is 8. The van der Waals surface area contributed by atoms with Crippen molar-refractivity contribution in [3.63, 3.8) is 0 Å². The quantitative estimate of drug-likeness (QED) is 0.423. The summed E-state index contributed by atoms with van der Waals surface area (Å²) in [6, 6.07) is 8.66. The van der Waals surface area contributed by atoms with E-state index in [4.69, 9.17) is 10.3 Å². The highest BCUT2D eigenvalue weighted by atomic mass is 32.1. The third-order valence-corrected chi connectivity index (χ3v) is 7.65. The number of carbonyl (C=O) groups is 2. The molecule has 9 nitrogen and oxygen atoms in total. The number of nitrogens with two attached hydrogens (primary N) is 1. The predicted octanol–water partition coefficient (Wildman–Crippen LogP) is 3.14. The number of aromatic nitrogens is 2. The van der Waals surface area contributed by atoms with Crippen LogP contribution in [0.5, 0.6) is 0 Å². The lowest BCUT2D eigenvalue weighted by molar-refractivity contribution is -0.141. The summed E-state index contributed by atoms with van der Waals surface area (Å²) in [6.45, 7) is 8.01. The SMILES string of the molecule is Cc1ncsc1-c1ccc([C@H](C)NC(=O)[C@@H]2C[C@@H](O)CN2C(=O)[C@@H](c2cc(CN)no2)C(C)C)cc1. The first-order chi connectivity index (χ1) is 17.2. The van der Waals surface area contributed by atoms with Crippen molar-refractivity contribution in [3.8, 4) is 10.4 Å². The Labute approximate surface area is 214 Å². The van der Waals surface area contributed by atoms with Crippen molar-refractivity contribution < 1.29 is 19.2 Å². The fraction of sp³-hybridized carbons (Fsp3) is 0.462. The van der Waals surface area contributed by atoms with Gasteiger partial charge in [0.1, 0.15) is 17.7 Å². The van der Waals surface area contributed by atoms with Crippen LogP contribution in [0.15, 0.2) is 40.4 Å². The summed E-state index contributed by atoms with van der Waals surface area (Å²) in [5.41, 5.74) is 11.0. The van der Waals surface area contributed by atoms with Gasteiger partial charge >= 0.3 is 0 Å². The molecule has 3 aromatic rings. The number of aliphatic hydroxyl groups is 1. The Hall–Kier alpha value is -3.08. The second kappa shape index (κ2) is 10.9. The summed E-state index contributed by atoms with van der Waals surface area (Å²) in [5, 5.41) is 17.3. The predicted molar refractivity (Wildman–Crippen MR) is 137 cm³/mol. The standard InChI is InChI=1S/C26H33N5O4S/c1-14(2)23(22-9-19(11-27)30-35-22)26(34)31-12-20(32)10-21(31)25(33)29-15(3)17-5-7-18(8-6-17)24-16(4)28-13-36-24/h5-9,13-15,20-21,23,32H,10-12,27H2,1-4H3,(H,29,33)/t15-,20+,21-,23+/m0/s1. The summed E-state index contributed by atoms with van der Waals surface area (Å²) in [5.74, 6) is -0.868. The van der Waals surface area contributed by atoms with Gasteiger partial charge in [0.05, 0.1) is 33.9 Å². The minimum absolute atomic E-state index is 0.0926. The maximum atomic E-state index is 13.6. The van der Waals surface area contributed by atoms with Gasteiger partial charge in [0.2, 0.25) is 11.8 Å². The Morgan fingerprint density at radius 1 is 1.28 bits per heavy atom. The van der Waals surface area contributed by atoms with Crippen molar-refractivity contribution in [2.45, 2.75) is 64.8 Å². The Kier molecular flexibility index (Phi) is 7.87. The number of aryl methyl sites for hydroxylation is 1. The molecule has 0 saturated carbocycles. The molecule has 4 rings (SSSR count). The van der Waals surface area contributed by atoms with Gasteiger partial charge in [-0.1, -0.05) is 43.3 Å². The number of thiazole rings is 1. The van der Waals surface area contributed by atoms with E-state index in [0.29, 0.717) is 11.5 Å². The molecule has 3 heterocycles. The van der Waals surface area contributed by atoms with Gasteiger partial charge < -0.3 is 25.6 Å². The van der Waals surface area contributed by atoms with E-state index in [2.05, 4.69) is 15.5 Å². The van der Waals surface area contributed by atoms with Crippen LogP contribution in [-0.4, -0.2) is 50.7 Å². The summed E-state index contributed by atoms with van der Waals surface area (Å²) < 4.78 is 5.40. The fourth-order valence-corrected chi connectivity index (χ4v) is 5.50. The lowest BCUT2D eigenvalue weighted by atomic mass is 9.91. The molecule has 0 bridgehead atoms. The molecule has 0 unspecified atom stereocenters. The van der Waals surface area contributed by atoms with Crippen molar-refractivity contribution in [1.29, 1.82) is 0 Å². The molecule has 192 valence electrons. The van der Waals surface area contributed by atoms with E-state index in [1.54, 1.807) is 17.4 Å². The van der Waals surface area contributed by atoms with Gasteiger partial charge in [-0.3, -0.25) is 9.59 Å². The zero-order valence-corrected chi connectivity index (χ0v) is 21.8. The normalized spacial score (nSPS) is 19.5. The highest BCUT2D eigenvalue weighted by Crippen LogP contribution is 2.32. The molecule has 10 heteroatoms. The molecule has 4 atom stereocenters. The molecular formula is C26H33N5O4S. The van der Waals surface area contributed by atoms with Crippen LogP contribution in [-0.2, 0) is 16.1 Å². The lowest BCUT2D eigenvalue weighted by Crippen LogP contribution is -2.48. The van der Waals surface area contributed by atoms with Crippen molar-refractivity contribution in [3.05, 3.63) is 58.6 Å². The second-order valence-corrected chi connectivity index (χ2v) is 10.5. The number of hydrogen-bond donors (Lipinski definition) is 3. The Morgan fingerprint density at radius 2 is 2.00 bits per heavy atom. The highest BCUT2D eigenvalue weighted by Gasteiger charge is 2.43. The van der Waals surface area contributed by atoms with Crippen molar-refractivity contribution >= 4 is 23.2 Å². The summed E-state index contributed by atoms with van der Waals surface area (Å²) >= 11 is 1.59. The minimum Gasteiger partial charge on any atom is -0.391 e. The van der Waals surface area contributed by atoms with Crippen LogP contribution in [0.2, 0.25) is 0 Å². The molecule has 4 N–H and O–H groups in total. The number of nitrogens with one attached hydrogen (secondary N) is 1. The Morgan fingerprint density at radius 3 is 2.58 bits per heavy atom.